The minimum Gasteiger partial charge on any atom is -0.497 e. The molecule has 1 saturated carbocycles. The molecule has 0 aromatic heterocycles. The number of fused-ring (bicyclic) bond motifs is 1. The Morgan fingerprint density at radius 1 is 0.837 bits per heavy atom. The fraction of sp³-hybridized carbons (Fsp3) is 0.200. The lowest BCUT2D eigenvalue weighted by Gasteiger charge is -2.31. The Kier molecular flexibility index (Phi) is 8.11. The van der Waals surface area contributed by atoms with Crippen LogP contribution in [0.15, 0.2) is 129 Å². The molecule has 1 aliphatic carbocycles. The lowest BCUT2D eigenvalue weighted by Crippen LogP contribution is -2.33. The molecule has 4 aromatic carbocycles. The van der Waals surface area contributed by atoms with E-state index >= 15 is 0 Å². The molecule has 1 fully saturated rings. The second kappa shape index (κ2) is 12.3. The van der Waals surface area contributed by atoms with Gasteiger partial charge in [-0.05, 0) is 78.4 Å². The highest BCUT2D eigenvalue weighted by Crippen LogP contribution is 2.45. The number of benzene rings is 4. The van der Waals surface area contributed by atoms with Gasteiger partial charge in [0.25, 0.3) is 10.0 Å². The Bertz CT molecular complexity index is 1770. The third-order valence-electron chi connectivity index (χ3n) is 7.91. The zero-order valence-corrected chi connectivity index (χ0v) is 24.9. The summed E-state index contributed by atoms with van der Waals surface area (Å²) in [6.07, 6.45) is 4.97. The number of hydrazone groups is 1. The van der Waals surface area contributed by atoms with E-state index in [0.29, 0.717) is 5.56 Å². The van der Waals surface area contributed by atoms with Gasteiger partial charge in [0.05, 0.1) is 30.9 Å². The Morgan fingerprint density at radius 2 is 1.44 bits per heavy atom. The van der Waals surface area contributed by atoms with Crippen molar-refractivity contribution in [1.29, 1.82) is 0 Å². The summed E-state index contributed by atoms with van der Waals surface area (Å²) in [5.41, 5.74) is 4.84. The zero-order chi connectivity index (χ0) is 29.8. The van der Waals surface area contributed by atoms with E-state index in [1.54, 1.807) is 44.6 Å². The predicted molar refractivity (Wildman–Crippen MR) is 170 cm³/mol. The topological polar surface area (TPSA) is 80.6 Å². The molecule has 6 rings (SSSR count). The van der Waals surface area contributed by atoms with Crippen LogP contribution in [0.2, 0.25) is 0 Å². The normalized spacial score (nSPS) is 19.6. The molecule has 7 nitrogen and oxygen atoms in total. The monoisotopic (exact) mass is 591 g/mol. The number of methoxy groups -OCH3 is 2. The number of sulfonamides is 1. The van der Waals surface area contributed by atoms with Crippen LogP contribution < -0.4 is 9.47 Å². The van der Waals surface area contributed by atoms with Gasteiger partial charge in [0.2, 0.25) is 0 Å². The summed E-state index contributed by atoms with van der Waals surface area (Å²) in [5, 5.41) is 7.03. The van der Waals surface area contributed by atoms with E-state index in [1.807, 2.05) is 83.9 Å². The van der Waals surface area contributed by atoms with Crippen LogP contribution in [0.4, 0.5) is 0 Å². The van der Waals surface area contributed by atoms with Crippen LogP contribution in [0, 0.1) is 5.92 Å². The molecule has 218 valence electrons. The van der Waals surface area contributed by atoms with Gasteiger partial charge in [-0.2, -0.15) is 13.5 Å². The Hall–Kier alpha value is -4.69. The summed E-state index contributed by atoms with van der Waals surface area (Å²) < 4.78 is 42.6. The van der Waals surface area contributed by atoms with Gasteiger partial charge in [0, 0.05) is 11.5 Å². The van der Waals surface area contributed by atoms with Gasteiger partial charge in [-0.25, -0.2) is 5.01 Å². The molecular weight excluding hydrogens is 558 g/mol. The van der Waals surface area contributed by atoms with E-state index in [9.17, 15) is 8.42 Å². The average molecular weight is 592 g/mol. The lowest BCUT2D eigenvalue weighted by molar-refractivity contribution is 0.304. The lowest BCUT2D eigenvalue weighted by atomic mass is 9.77. The first kappa shape index (κ1) is 28.4. The van der Waals surface area contributed by atoms with Crippen molar-refractivity contribution >= 4 is 27.6 Å². The van der Waals surface area contributed by atoms with Gasteiger partial charge in [0.1, 0.15) is 11.5 Å². The third kappa shape index (κ3) is 5.96. The van der Waals surface area contributed by atoms with E-state index in [4.69, 9.17) is 14.6 Å². The SMILES string of the molecule is COc1ccc(C=C2CCCC3C2=NN(C(=NS(=O)(=O)c2ccccc2)c2ccccc2)C3c2ccc(OC)cc2)cc1. The highest BCUT2D eigenvalue weighted by molar-refractivity contribution is 7.90. The Balaban J connectivity index is 1.52. The minimum atomic E-state index is -4.03. The molecule has 8 heteroatoms. The maximum absolute atomic E-state index is 13.7. The second-order valence-corrected chi connectivity index (χ2v) is 12.2. The average Bonchev–Trinajstić information content (AvgIpc) is 3.45. The summed E-state index contributed by atoms with van der Waals surface area (Å²) in [7, 11) is -0.732. The number of hydrogen-bond acceptors (Lipinski definition) is 5. The molecule has 2 aliphatic rings. The van der Waals surface area contributed by atoms with Gasteiger partial charge in [-0.3, -0.25) is 0 Å². The molecule has 1 heterocycles. The zero-order valence-electron chi connectivity index (χ0n) is 24.1. The van der Waals surface area contributed by atoms with Crippen molar-refractivity contribution < 1.29 is 17.9 Å². The fourth-order valence-electron chi connectivity index (χ4n) is 5.78. The van der Waals surface area contributed by atoms with E-state index in [0.717, 1.165) is 53.2 Å². The number of allylic oxidation sites excluding steroid dienone is 1. The first-order valence-corrected chi connectivity index (χ1v) is 15.7. The molecule has 0 spiro atoms. The fourth-order valence-corrected chi connectivity index (χ4v) is 6.81. The first-order valence-electron chi connectivity index (χ1n) is 14.3. The van der Waals surface area contributed by atoms with E-state index in [-0.39, 0.29) is 22.7 Å². The van der Waals surface area contributed by atoms with Crippen LogP contribution in [0.1, 0.15) is 42.0 Å². The van der Waals surface area contributed by atoms with Gasteiger partial charge >= 0.3 is 0 Å². The summed E-state index contributed by atoms with van der Waals surface area (Å²) in [4.78, 5) is 0.133. The van der Waals surface area contributed by atoms with E-state index in [2.05, 4.69) is 10.5 Å². The van der Waals surface area contributed by atoms with Crippen molar-refractivity contribution in [1.82, 2.24) is 5.01 Å². The van der Waals surface area contributed by atoms with E-state index < -0.39 is 10.0 Å². The highest BCUT2D eigenvalue weighted by Gasteiger charge is 2.43. The summed E-state index contributed by atoms with van der Waals surface area (Å²) in [6.45, 7) is 0. The number of ether oxygens (including phenoxy) is 2. The summed E-state index contributed by atoms with van der Waals surface area (Å²) in [5.74, 6) is 1.88. The van der Waals surface area contributed by atoms with Crippen LogP contribution in [0.3, 0.4) is 0 Å². The van der Waals surface area contributed by atoms with Gasteiger partial charge in [0.15, 0.2) is 5.84 Å². The number of nitrogens with zero attached hydrogens (tertiary/aromatic N) is 3. The number of amidine groups is 1. The molecule has 4 aromatic rings. The highest BCUT2D eigenvalue weighted by atomic mass is 32.2. The molecule has 0 bridgehead atoms. The molecule has 2 unspecified atom stereocenters. The van der Waals surface area contributed by atoms with Gasteiger partial charge in [-0.15, -0.1) is 4.40 Å². The molecular formula is C35H33N3O4S. The van der Waals surface area contributed by atoms with Gasteiger partial charge in [-0.1, -0.05) is 72.8 Å². The number of rotatable bonds is 7. The maximum atomic E-state index is 13.7. The first-order chi connectivity index (χ1) is 21.0. The van der Waals surface area contributed by atoms with Crippen molar-refractivity contribution in [3.05, 3.63) is 131 Å². The van der Waals surface area contributed by atoms with Crippen LogP contribution in [0.5, 0.6) is 11.5 Å². The summed E-state index contributed by atoms with van der Waals surface area (Å²) >= 11 is 0. The molecule has 2 atom stereocenters. The van der Waals surface area contributed by atoms with Crippen LogP contribution in [-0.2, 0) is 10.0 Å². The molecule has 1 aliphatic heterocycles. The quantitative estimate of drug-likeness (QED) is 0.169. The molecule has 0 radical (unpaired) electrons. The predicted octanol–water partition coefficient (Wildman–Crippen LogP) is 7.14. The van der Waals surface area contributed by atoms with Crippen molar-refractivity contribution in [3.63, 3.8) is 0 Å². The van der Waals surface area contributed by atoms with Crippen molar-refractivity contribution in [2.45, 2.75) is 30.2 Å². The van der Waals surface area contributed by atoms with Crippen LogP contribution in [0.25, 0.3) is 6.08 Å². The maximum Gasteiger partial charge on any atom is 0.284 e. The van der Waals surface area contributed by atoms with Crippen molar-refractivity contribution in [3.8, 4) is 11.5 Å². The molecule has 43 heavy (non-hydrogen) atoms. The van der Waals surface area contributed by atoms with Crippen molar-refractivity contribution in [2.75, 3.05) is 14.2 Å². The Morgan fingerprint density at radius 3 is 2.07 bits per heavy atom. The van der Waals surface area contributed by atoms with E-state index in [1.165, 1.54) is 0 Å². The minimum absolute atomic E-state index is 0.0417. The largest absolute Gasteiger partial charge is 0.497 e. The summed E-state index contributed by atoms with van der Waals surface area (Å²) in [6, 6.07) is 33.4. The number of hydrogen-bond donors (Lipinski definition) is 0. The molecule has 0 N–H and O–H groups in total. The van der Waals surface area contributed by atoms with Crippen molar-refractivity contribution in [2.24, 2.45) is 15.4 Å². The standard InChI is InChI=1S/C35H33N3O4S/c1-41-29-20-16-25(17-21-29)24-28-12-9-15-32-33(28)36-38(34(32)26-18-22-30(42-2)23-19-26)35(27-10-5-3-6-11-27)37-43(39,40)31-13-7-4-8-14-31/h3-8,10-11,13-14,16-24,32,34H,9,12,15H2,1-2H3. The molecule has 0 amide bonds. The van der Waals surface area contributed by atoms with Crippen LogP contribution in [-0.4, -0.2) is 39.2 Å². The Labute approximate surface area is 252 Å². The van der Waals surface area contributed by atoms with Crippen LogP contribution >= 0.6 is 0 Å². The third-order valence-corrected chi connectivity index (χ3v) is 9.19. The molecule has 0 saturated heterocycles. The smallest absolute Gasteiger partial charge is 0.284 e. The second-order valence-electron chi connectivity index (χ2n) is 10.6. The van der Waals surface area contributed by atoms with Gasteiger partial charge < -0.3 is 9.47 Å².